The van der Waals surface area contributed by atoms with Crippen molar-refractivity contribution in [1.82, 2.24) is 10.4 Å². The van der Waals surface area contributed by atoms with E-state index < -0.39 is 18.2 Å². The van der Waals surface area contributed by atoms with Gasteiger partial charge in [-0.25, -0.2) is 4.79 Å². The number of ether oxygens (including phenoxy) is 2. The van der Waals surface area contributed by atoms with Crippen LogP contribution in [0.3, 0.4) is 0 Å². The fourth-order valence-electron chi connectivity index (χ4n) is 4.93. The van der Waals surface area contributed by atoms with Crippen LogP contribution >= 0.6 is 0 Å². The molecule has 2 heterocycles. The summed E-state index contributed by atoms with van der Waals surface area (Å²) in [6.07, 6.45) is 3.35. The first kappa shape index (κ1) is 21.5. The van der Waals surface area contributed by atoms with Crippen molar-refractivity contribution in [2.24, 2.45) is 5.92 Å². The zero-order valence-corrected chi connectivity index (χ0v) is 17.2. The first-order chi connectivity index (χ1) is 14.6. The fraction of sp³-hybridized carbons (Fsp3) is 0.682. The lowest BCUT2D eigenvalue weighted by Gasteiger charge is -2.38. The van der Waals surface area contributed by atoms with Gasteiger partial charge in [-0.1, -0.05) is 43.2 Å². The molecule has 8 heteroatoms. The van der Waals surface area contributed by atoms with E-state index in [1.54, 1.807) is 0 Å². The predicted octanol–water partition coefficient (Wildman–Crippen LogP) is 2.16. The number of hydroxylamine groups is 1. The first-order valence-corrected chi connectivity index (χ1v) is 11.0. The van der Waals surface area contributed by atoms with E-state index in [2.05, 4.69) is 5.48 Å². The second-order valence-electron chi connectivity index (χ2n) is 8.48. The summed E-state index contributed by atoms with van der Waals surface area (Å²) < 4.78 is 11.3. The third kappa shape index (κ3) is 4.95. The highest BCUT2D eigenvalue weighted by atomic mass is 16.7. The monoisotopic (exact) mass is 420 g/mol. The molecule has 1 aromatic rings. The SMILES string of the molecule is O=C(O)N([C@@H]1CO[C@@H]2OCC[C@@H]21)[C@@H](Cc1ccccc1)[C@@H](O)CNOC1CCCC1. The van der Waals surface area contributed by atoms with Crippen LogP contribution in [0, 0.1) is 5.92 Å². The van der Waals surface area contributed by atoms with Gasteiger partial charge in [-0.15, -0.1) is 0 Å². The van der Waals surface area contributed by atoms with Gasteiger partial charge in [0.15, 0.2) is 6.29 Å². The Morgan fingerprint density at radius 2 is 1.97 bits per heavy atom. The van der Waals surface area contributed by atoms with Gasteiger partial charge in [0, 0.05) is 12.5 Å². The van der Waals surface area contributed by atoms with Crippen molar-refractivity contribution in [3.63, 3.8) is 0 Å². The van der Waals surface area contributed by atoms with Crippen molar-refractivity contribution >= 4 is 6.09 Å². The summed E-state index contributed by atoms with van der Waals surface area (Å²) >= 11 is 0. The van der Waals surface area contributed by atoms with Gasteiger partial charge in [-0.2, -0.15) is 5.48 Å². The molecule has 0 spiro atoms. The second-order valence-corrected chi connectivity index (χ2v) is 8.48. The lowest BCUT2D eigenvalue weighted by molar-refractivity contribution is -0.0907. The molecule has 8 nitrogen and oxygen atoms in total. The molecule has 3 fully saturated rings. The number of aliphatic hydroxyl groups is 1. The van der Waals surface area contributed by atoms with Gasteiger partial charge >= 0.3 is 6.09 Å². The molecule has 3 N–H and O–H groups in total. The van der Waals surface area contributed by atoms with Crippen molar-refractivity contribution in [2.75, 3.05) is 19.8 Å². The van der Waals surface area contributed by atoms with Gasteiger partial charge in [-0.05, 0) is 31.2 Å². The third-order valence-electron chi connectivity index (χ3n) is 6.52. The summed E-state index contributed by atoms with van der Waals surface area (Å²) in [7, 11) is 0. The van der Waals surface area contributed by atoms with Crippen LogP contribution in [0.25, 0.3) is 0 Å². The van der Waals surface area contributed by atoms with Gasteiger partial charge < -0.3 is 19.7 Å². The van der Waals surface area contributed by atoms with Crippen molar-refractivity contribution in [1.29, 1.82) is 0 Å². The minimum absolute atomic E-state index is 0.00530. The summed E-state index contributed by atoms with van der Waals surface area (Å²) in [6.45, 7) is 1.02. The Labute approximate surface area is 177 Å². The largest absolute Gasteiger partial charge is 0.465 e. The van der Waals surface area contributed by atoms with Crippen LogP contribution in [-0.2, 0) is 20.7 Å². The molecule has 0 unspecified atom stereocenters. The summed E-state index contributed by atoms with van der Waals surface area (Å²) in [5.41, 5.74) is 3.87. The Morgan fingerprint density at radius 1 is 1.20 bits per heavy atom. The molecule has 0 radical (unpaired) electrons. The minimum Gasteiger partial charge on any atom is -0.465 e. The number of carbonyl (C=O) groups is 1. The average Bonchev–Trinajstić information content (AvgIpc) is 3.47. The fourth-order valence-corrected chi connectivity index (χ4v) is 4.93. The summed E-state index contributed by atoms with van der Waals surface area (Å²) in [6, 6.07) is 8.71. The summed E-state index contributed by atoms with van der Waals surface area (Å²) in [5.74, 6) is -0.00530. The minimum atomic E-state index is -1.05. The molecule has 0 bridgehead atoms. The number of fused-ring (bicyclic) bond motifs is 1. The normalized spacial score (nSPS) is 28.4. The average molecular weight is 421 g/mol. The van der Waals surface area contributed by atoms with Crippen LogP contribution < -0.4 is 5.48 Å². The van der Waals surface area contributed by atoms with Crippen molar-refractivity contribution in [2.45, 2.75) is 69.1 Å². The van der Waals surface area contributed by atoms with Crippen LogP contribution in [0.1, 0.15) is 37.7 Å². The highest BCUT2D eigenvalue weighted by molar-refractivity contribution is 5.66. The number of nitrogens with one attached hydrogen (secondary N) is 1. The van der Waals surface area contributed by atoms with Crippen molar-refractivity contribution in [3.05, 3.63) is 35.9 Å². The predicted molar refractivity (Wildman–Crippen MR) is 109 cm³/mol. The number of carboxylic acid groups (broad SMARTS) is 1. The Hall–Kier alpha value is -1.71. The number of rotatable bonds is 9. The number of nitrogens with zero attached hydrogens (tertiary/aromatic N) is 1. The Bertz CT molecular complexity index is 683. The zero-order valence-electron chi connectivity index (χ0n) is 17.2. The van der Waals surface area contributed by atoms with Gasteiger partial charge in [0.25, 0.3) is 0 Å². The molecule has 2 saturated heterocycles. The molecule has 4 rings (SSSR count). The molecule has 0 aromatic heterocycles. The quantitative estimate of drug-likeness (QED) is 0.527. The van der Waals surface area contributed by atoms with Crippen LogP contribution in [0.15, 0.2) is 30.3 Å². The molecular formula is C22H32N2O6. The van der Waals surface area contributed by atoms with Gasteiger partial charge in [0.2, 0.25) is 0 Å². The zero-order chi connectivity index (χ0) is 20.9. The van der Waals surface area contributed by atoms with E-state index in [0.29, 0.717) is 13.0 Å². The Kier molecular flexibility index (Phi) is 7.22. The Balaban J connectivity index is 1.49. The van der Waals surface area contributed by atoms with E-state index in [9.17, 15) is 15.0 Å². The van der Waals surface area contributed by atoms with Gasteiger partial charge in [0.1, 0.15) is 0 Å². The number of hydrogen-bond acceptors (Lipinski definition) is 6. The highest BCUT2D eigenvalue weighted by Gasteiger charge is 2.48. The molecule has 30 heavy (non-hydrogen) atoms. The van der Waals surface area contributed by atoms with E-state index in [1.807, 2.05) is 30.3 Å². The molecule has 1 amide bonds. The summed E-state index contributed by atoms with van der Waals surface area (Å²) in [5, 5.41) is 21.2. The standard InChI is InChI=1S/C22H32N2O6/c25-20(13-23-30-16-8-4-5-9-16)18(12-15-6-2-1-3-7-15)24(22(26)27)19-14-29-21-17(19)10-11-28-21/h1-3,6-7,16-21,23,25H,4-5,8-14H2,(H,26,27)/t17-,18+,19-,20+,21+/m1/s1. The molecule has 1 saturated carbocycles. The molecule has 1 aromatic carbocycles. The Morgan fingerprint density at radius 3 is 2.70 bits per heavy atom. The number of amides is 1. The highest BCUT2D eigenvalue weighted by Crippen LogP contribution is 2.36. The van der Waals surface area contributed by atoms with E-state index in [4.69, 9.17) is 14.3 Å². The number of benzene rings is 1. The molecular weight excluding hydrogens is 388 g/mol. The van der Waals surface area contributed by atoms with Crippen LogP contribution in [0.2, 0.25) is 0 Å². The van der Waals surface area contributed by atoms with Crippen LogP contribution in [0.4, 0.5) is 4.79 Å². The van der Waals surface area contributed by atoms with Gasteiger partial charge in [0.05, 0.1) is 37.5 Å². The van der Waals surface area contributed by atoms with E-state index in [0.717, 1.165) is 37.7 Å². The maximum atomic E-state index is 12.4. The van der Waals surface area contributed by atoms with Crippen LogP contribution in [-0.4, -0.2) is 71.5 Å². The van der Waals surface area contributed by atoms with Crippen LogP contribution in [0.5, 0.6) is 0 Å². The van der Waals surface area contributed by atoms with E-state index in [1.165, 1.54) is 4.90 Å². The molecule has 1 aliphatic carbocycles. The van der Waals surface area contributed by atoms with Gasteiger partial charge in [-0.3, -0.25) is 9.74 Å². The lowest BCUT2D eigenvalue weighted by Crippen LogP contribution is -2.57. The maximum Gasteiger partial charge on any atom is 0.407 e. The lowest BCUT2D eigenvalue weighted by atomic mass is 9.93. The molecule has 5 atom stereocenters. The van der Waals surface area contributed by atoms with Crippen molar-refractivity contribution in [3.8, 4) is 0 Å². The number of hydrogen-bond donors (Lipinski definition) is 3. The van der Waals surface area contributed by atoms with E-state index in [-0.39, 0.29) is 37.5 Å². The smallest absolute Gasteiger partial charge is 0.407 e. The second kappa shape index (κ2) is 10.1. The molecule has 3 aliphatic rings. The van der Waals surface area contributed by atoms with Crippen molar-refractivity contribution < 1.29 is 29.3 Å². The first-order valence-electron chi connectivity index (χ1n) is 11.0. The maximum absolute atomic E-state index is 12.4. The summed E-state index contributed by atoms with van der Waals surface area (Å²) in [4.78, 5) is 19.4. The third-order valence-corrected chi connectivity index (χ3v) is 6.52. The topological polar surface area (TPSA) is 100 Å². The molecule has 2 aliphatic heterocycles. The number of aliphatic hydroxyl groups excluding tert-OH is 1. The molecule has 166 valence electrons. The van der Waals surface area contributed by atoms with E-state index >= 15 is 0 Å².